The van der Waals surface area contributed by atoms with E-state index in [1.54, 1.807) is 4.68 Å². The molecule has 0 aliphatic carbocycles. The number of hydrogen-bond donors (Lipinski definition) is 0. The molecule has 0 N–H and O–H groups in total. The highest BCUT2D eigenvalue weighted by atomic mass is 16.2. The first-order valence-electron chi connectivity index (χ1n) is 10.1. The SMILES string of the molecule is Cc1nn(C)cc1C(=O)N1C[C@H]2CN(Cc3ccccc3)C[C@@]2(CN(C)C)C1. The van der Waals surface area contributed by atoms with Gasteiger partial charge in [0.2, 0.25) is 0 Å². The zero-order chi connectivity index (χ0) is 19.9. The molecule has 2 aliphatic rings. The predicted octanol–water partition coefficient (Wildman–Crippen LogP) is 1.86. The van der Waals surface area contributed by atoms with E-state index in [1.165, 1.54) is 5.56 Å². The maximum absolute atomic E-state index is 13.2. The second-order valence-corrected chi connectivity index (χ2v) is 8.94. The molecule has 28 heavy (non-hydrogen) atoms. The van der Waals surface area contributed by atoms with Crippen LogP contribution in [0.1, 0.15) is 21.6 Å². The second-order valence-electron chi connectivity index (χ2n) is 8.94. The Balaban J connectivity index is 1.51. The smallest absolute Gasteiger partial charge is 0.257 e. The van der Waals surface area contributed by atoms with Gasteiger partial charge in [0.1, 0.15) is 0 Å². The summed E-state index contributed by atoms with van der Waals surface area (Å²) in [6, 6.07) is 10.7. The molecule has 2 aromatic rings. The van der Waals surface area contributed by atoms with Gasteiger partial charge in [-0.15, -0.1) is 0 Å². The van der Waals surface area contributed by atoms with Crippen molar-refractivity contribution < 1.29 is 4.79 Å². The summed E-state index contributed by atoms with van der Waals surface area (Å²) < 4.78 is 1.73. The van der Waals surface area contributed by atoms with Crippen LogP contribution in [0.4, 0.5) is 0 Å². The van der Waals surface area contributed by atoms with Crippen molar-refractivity contribution in [3.63, 3.8) is 0 Å². The van der Waals surface area contributed by atoms with Gasteiger partial charge in [-0.2, -0.15) is 5.10 Å². The minimum Gasteiger partial charge on any atom is -0.338 e. The van der Waals surface area contributed by atoms with Crippen LogP contribution in [0.15, 0.2) is 36.5 Å². The van der Waals surface area contributed by atoms with E-state index in [1.807, 2.05) is 20.2 Å². The Labute approximate surface area is 167 Å². The minimum atomic E-state index is 0.132. The molecular weight excluding hydrogens is 350 g/mol. The summed E-state index contributed by atoms with van der Waals surface area (Å²) in [6.45, 7) is 7.68. The van der Waals surface area contributed by atoms with Gasteiger partial charge in [-0.3, -0.25) is 14.4 Å². The summed E-state index contributed by atoms with van der Waals surface area (Å²) in [4.78, 5) is 20.1. The number of rotatable bonds is 5. The zero-order valence-corrected chi connectivity index (χ0v) is 17.4. The molecular formula is C22H31N5O. The number of carbonyl (C=O) groups excluding carboxylic acids is 1. The van der Waals surface area contributed by atoms with E-state index in [0.29, 0.717) is 5.92 Å². The monoisotopic (exact) mass is 381 g/mol. The Morgan fingerprint density at radius 2 is 1.96 bits per heavy atom. The van der Waals surface area contributed by atoms with Gasteiger partial charge in [-0.1, -0.05) is 30.3 Å². The average molecular weight is 382 g/mol. The van der Waals surface area contributed by atoms with Crippen LogP contribution in [-0.2, 0) is 13.6 Å². The molecule has 2 aliphatic heterocycles. The summed E-state index contributed by atoms with van der Waals surface area (Å²) in [5.41, 5.74) is 3.06. The third-order valence-electron chi connectivity index (χ3n) is 6.24. The number of benzene rings is 1. The molecule has 1 aromatic heterocycles. The van der Waals surface area contributed by atoms with Crippen molar-refractivity contribution in [1.29, 1.82) is 0 Å². The van der Waals surface area contributed by atoms with Gasteiger partial charge < -0.3 is 9.80 Å². The van der Waals surface area contributed by atoms with Crippen LogP contribution in [0.5, 0.6) is 0 Å². The lowest BCUT2D eigenvalue weighted by molar-refractivity contribution is 0.0747. The number of likely N-dealkylation sites (tertiary alicyclic amines) is 2. The van der Waals surface area contributed by atoms with E-state index in [2.05, 4.69) is 64.2 Å². The number of nitrogens with zero attached hydrogens (tertiary/aromatic N) is 5. The maximum atomic E-state index is 13.2. The van der Waals surface area contributed by atoms with Crippen LogP contribution in [0.2, 0.25) is 0 Å². The fourth-order valence-corrected chi connectivity index (χ4v) is 5.24. The van der Waals surface area contributed by atoms with Crippen molar-refractivity contribution in [2.75, 3.05) is 46.8 Å². The lowest BCUT2D eigenvalue weighted by Crippen LogP contribution is -2.42. The molecule has 6 heteroatoms. The quantitative estimate of drug-likeness (QED) is 0.793. The summed E-state index contributed by atoms with van der Waals surface area (Å²) in [5.74, 6) is 0.646. The van der Waals surface area contributed by atoms with Crippen molar-refractivity contribution in [3.8, 4) is 0 Å². The molecule has 0 radical (unpaired) electrons. The van der Waals surface area contributed by atoms with Crippen LogP contribution in [0, 0.1) is 18.3 Å². The normalized spacial score (nSPS) is 24.9. The number of carbonyl (C=O) groups is 1. The van der Waals surface area contributed by atoms with Gasteiger partial charge in [0.15, 0.2) is 0 Å². The second kappa shape index (κ2) is 7.33. The van der Waals surface area contributed by atoms with Crippen LogP contribution in [0.25, 0.3) is 0 Å². The van der Waals surface area contributed by atoms with Gasteiger partial charge in [0.25, 0.3) is 5.91 Å². The van der Waals surface area contributed by atoms with Gasteiger partial charge >= 0.3 is 0 Å². The molecule has 1 amide bonds. The van der Waals surface area contributed by atoms with Crippen molar-refractivity contribution in [1.82, 2.24) is 24.5 Å². The molecule has 150 valence electrons. The van der Waals surface area contributed by atoms with Crippen LogP contribution >= 0.6 is 0 Å². The van der Waals surface area contributed by atoms with Crippen molar-refractivity contribution in [2.24, 2.45) is 18.4 Å². The van der Waals surface area contributed by atoms with E-state index in [4.69, 9.17) is 0 Å². The third kappa shape index (κ3) is 3.59. The number of aryl methyl sites for hydroxylation is 2. The molecule has 2 fully saturated rings. The molecule has 0 unspecified atom stereocenters. The molecule has 4 rings (SSSR count). The van der Waals surface area contributed by atoms with E-state index in [9.17, 15) is 4.79 Å². The van der Waals surface area contributed by atoms with Crippen LogP contribution in [0.3, 0.4) is 0 Å². The van der Waals surface area contributed by atoms with E-state index in [-0.39, 0.29) is 11.3 Å². The van der Waals surface area contributed by atoms with Crippen LogP contribution in [-0.4, -0.2) is 77.2 Å². The van der Waals surface area contributed by atoms with Gasteiger partial charge in [0, 0.05) is 57.9 Å². The summed E-state index contributed by atoms with van der Waals surface area (Å²) in [6.07, 6.45) is 1.85. The zero-order valence-electron chi connectivity index (χ0n) is 17.4. The van der Waals surface area contributed by atoms with Crippen molar-refractivity contribution >= 4 is 5.91 Å². The van der Waals surface area contributed by atoms with Crippen molar-refractivity contribution in [3.05, 3.63) is 53.3 Å². The summed E-state index contributed by atoms with van der Waals surface area (Å²) in [7, 11) is 6.15. The average Bonchev–Trinajstić information content (AvgIpc) is 3.24. The van der Waals surface area contributed by atoms with Crippen LogP contribution < -0.4 is 0 Å². The lowest BCUT2D eigenvalue weighted by atomic mass is 9.80. The van der Waals surface area contributed by atoms with E-state index >= 15 is 0 Å². The molecule has 0 spiro atoms. The highest BCUT2D eigenvalue weighted by Crippen LogP contribution is 2.43. The number of hydrogen-bond acceptors (Lipinski definition) is 4. The molecule has 1 aromatic carbocycles. The first kappa shape index (κ1) is 19.2. The van der Waals surface area contributed by atoms with E-state index < -0.39 is 0 Å². The number of fused-ring (bicyclic) bond motifs is 1. The fraction of sp³-hybridized carbons (Fsp3) is 0.545. The standard InChI is InChI=1S/C22H31N5O/c1-17-20(13-25(4)23-17)21(28)27-12-19-11-26(10-18-8-6-5-7-9-18)15-22(19,16-27)14-24(2)3/h5-9,13,19H,10-12,14-16H2,1-4H3/t19-,22+/m1/s1. The number of aromatic nitrogens is 2. The Hall–Kier alpha value is -2.18. The molecule has 0 bridgehead atoms. The Kier molecular flexibility index (Phi) is 5.02. The third-order valence-corrected chi connectivity index (χ3v) is 6.24. The Morgan fingerprint density at radius 1 is 1.21 bits per heavy atom. The highest BCUT2D eigenvalue weighted by molar-refractivity contribution is 5.95. The molecule has 2 saturated heterocycles. The van der Waals surface area contributed by atoms with Crippen molar-refractivity contribution in [2.45, 2.75) is 13.5 Å². The largest absolute Gasteiger partial charge is 0.338 e. The van der Waals surface area contributed by atoms with Gasteiger partial charge in [0.05, 0.1) is 11.3 Å². The predicted molar refractivity (Wildman–Crippen MR) is 110 cm³/mol. The minimum absolute atomic E-state index is 0.132. The Bertz CT molecular complexity index is 846. The molecule has 3 heterocycles. The van der Waals surface area contributed by atoms with Gasteiger partial charge in [-0.05, 0) is 32.5 Å². The summed E-state index contributed by atoms with van der Waals surface area (Å²) >= 11 is 0. The lowest BCUT2D eigenvalue weighted by Gasteiger charge is -2.32. The molecule has 2 atom stereocenters. The first-order chi connectivity index (χ1) is 13.4. The summed E-state index contributed by atoms with van der Waals surface area (Å²) in [5, 5.41) is 4.35. The topological polar surface area (TPSA) is 44.6 Å². The first-order valence-corrected chi connectivity index (χ1v) is 10.1. The van der Waals surface area contributed by atoms with E-state index in [0.717, 1.165) is 50.5 Å². The molecule has 0 saturated carbocycles. The number of amides is 1. The highest BCUT2D eigenvalue weighted by Gasteiger charge is 2.53. The fourth-order valence-electron chi connectivity index (χ4n) is 5.24. The van der Waals surface area contributed by atoms with Gasteiger partial charge in [-0.25, -0.2) is 0 Å². The maximum Gasteiger partial charge on any atom is 0.257 e. The molecule has 6 nitrogen and oxygen atoms in total. The Morgan fingerprint density at radius 3 is 2.61 bits per heavy atom.